The SMILES string of the molecule is CSNc1ccc(CC(=O)N2CCN(c3nc4ncccc4s3)CC2)cc1. The maximum Gasteiger partial charge on any atom is 0.227 e. The number of aromatic nitrogens is 2. The number of rotatable bonds is 5. The van der Waals surface area contributed by atoms with Gasteiger partial charge in [0.1, 0.15) is 0 Å². The zero-order valence-electron chi connectivity index (χ0n) is 15.1. The summed E-state index contributed by atoms with van der Waals surface area (Å²) in [4.78, 5) is 25.8. The molecular weight excluding hydrogens is 378 g/mol. The Bertz CT molecular complexity index is 886. The Hall–Kier alpha value is -2.32. The first-order valence-electron chi connectivity index (χ1n) is 8.85. The van der Waals surface area contributed by atoms with Gasteiger partial charge in [0.25, 0.3) is 0 Å². The molecule has 0 spiro atoms. The van der Waals surface area contributed by atoms with Crippen molar-refractivity contribution in [1.82, 2.24) is 14.9 Å². The summed E-state index contributed by atoms with van der Waals surface area (Å²) in [5.41, 5.74) is 2.90. The number of fused-ring (bicyclic) bond motifs is 1. The second kappa shape index (κ2) is 8.14. The predicted molar refractivity (Wildman–Crippen MR) is 113 cm³/mol. The molecule has 0 unspecified atom stereocenters. The number of hydrogen-bond acceptors (Lipinski definition) is 7. The van der Waals surface area contributed by atoms with E-state index in [1.807, 2.05) is 47.6 Å². The Morgan fingerprint density at radius 1 is 1.19 bits per heavy atom. The summed E-state index contributed by atoms with van der Waals surface area (Å²) in [6.45, 7) is 3.08. The number of nitrogens with zero attached hydrogens (tertiary/aromatic N) is 4. The van der Waals surface area contributed by atoms with Crippen LogP contribution in [0, 0.1) is 0 Å². The highest BCUT2D eigenvalue weighted by Gasteiger charge is 2.23. The fraction of sp³-hybridized carbons (Fsp3) is 0.316. The molecule has 1 fully saturated rings. The molecule has 1 aliphatic heterocycles. The summed E-state index contributed by atoms with van der Waals surface area (Å²) in [5, 5.41) is 0.993. The molecule has 0 bridgehead atoms. The van der Waals surface area contributed by atoms with Crippen LogP contribution in [0.5, 0.6) is 0 Å². The zero-order chi connectivity index (χ0) is 18.6. The molecule has 0 radical (unpaired) electrons. The normalized spacial score (nSPS) is 14.6. The number of nitrogens with one attached hydrogen (secondary N) is 1. The van der Waals surface area contributed by atoms with Gasteiger partial charge in [-0.1, -0.05) is 35.4 Å². The molecule has 3 aromatic rings. The number of amides is 1. The number of hydrogen-bond donors (Lipinski definition) is 1. The number of piperazine rings is 1. The van der Waals surface area contributed by atoms with Crippen LogP contribution in [-0.2, 0) is 11.2 Å². The summed E-state index contributed by atoms with van der Waals surface area (Å²) < 4.78 is 4.29. The van der Waals surface area contributed by atoms with Gasteiger partial charge in [-0.25, -0.2) is 4.98 Å². The van der Waals surface area contributed by atoms with E-state index in [1.165, 1.54) is 0 Å². The first-order valence-corrected chi connectivity index (χ1v) is 10.9. The van der Waals surface area contributed by atoms with Crippen molar-refractivity contribution >= 4 is 50.4 Å². The molecule has 0 atom stereocenters. The number of pyridine rings is 1. The molecule has 0 saturated carbocycles. The number of thiazole rings is 1. The third-order valence-corrected chi connectivity index (χ3v) is 6.10. The lowest BCUT2D eigenvalue weighted by Crippen LogP contribution is -2.49. The molecule has 1 amide bonds. The van der Waals surface area contributed by atoms with Gasteiger partial charge in [-0.3, -0.25) is 4.79 Å². The van der Waals surface area contributed by atoms with Gasteiger partial charge in [0, 0.05) is 44.3 Å². The predicted octanol–water partition coefficient (Wildman–Crippen LogP) is 3.27. The van der Waals surface area contributed by atoms with Gasteiger partial charge >= 0.3 is 0 Å². The molecule has 140 valence electrons. The van der Waals surface area contributed by atoms with Crippen LogP contribution >= 0.6 is 23.3 Å². The maximum atomic E-state index is 12.6. The topological polar surface area (TPSA) is 61.4 Å². The van der Waals surface area contributed by atoms with Crippen molar-refractivity contribution in [2.75, 3.05) is 42.1 Å². The van der Waals surface area contributed by atoms with Crippen LogP contribution in [0.4, 0.5) is 10.8 Å². The van der Waals surface area contributed by atoms with Crippen LogP contribution in [0.3, 0.4) is 0 Å². The third-order valence-electron chi connectivity index (χ3n) is 4.59. The minimum Gasteiger partial charge on any atom is -0.344 e. The van der Waals surface area contributed by atoms with Crippen LogP contribution in [0.15, 0.2) is 42.6 Å². The highest BCUT2D eigenvalue weighted by Crippen LogP contribution is 2.28. The van der Waals surface area contributed by atoms with Gasteiger partial charge < -0.3 is 14.5 Å². The first kappa shape index (κ1) is 18.1. The second-order valence-electron chi connectivity index (χ2n) is 6.37. The van der Waals surface area contributed by atoms with Crippen molar-refractivity contribution < 1.29 is 4.79 Å². The molecular formula is C19H21N5OS2. The molecule has 1 aliphatic rings. The summed E-state index contributed by atoms with van der Waals surface area (Å²) in [7, 11) is 0. The number of benzene rings is 1. The quantitative estimate of drug-likeness (QED) is 0.665. The van der Waals surface area contributed by atoms with Crippen molar-refractivity contribution in [1.29, 1.82) is 0 Å². The van der Waals surface area contributed by atoms with Crippen LogP contribution in [0.1, 0.15) is 5.56 Å². The Labute approximate surface area is 166 Å². The summed E-state index contributed by atoms with van der Waals surface area (Å²) >= 11 is 3.22. The molecule has 4 rings (SSSR count). The van der Waals surface area contributed by atoms with Crippen molar-refractivity contribution in [3.63, 3.8) is 0 Å². The average Bonchev–Trinajstić information content (AvgIpc) is 3.14. The van der Waals surface area contributed by atoms with Crippen LogP contribution < -0.4 is 9.62 Å². The van der Waals surface area contributed by atoms with Gasteiger partial charge in [0.05, 0.1) is 11.1 Å². The number of anilines is 2. The van der Waals surface area contributed by atoms with Crippen LogP contribution in [0.2, 0.25) is 0 Å². The Balaban J connectivity index is 1.33. The Morgan fingerprint density at radius 3 is 2.67 bits per heavy atom. The van der Waals surface area contributed by atoms with Crippen molar-refractivity contribution in [2.45, 2.75) is 6.42 Å². The Morgan fingerprint density at radius 2 is 1.96 bits per heavy atom. The smallest absolute Gasteiger partial charge is 0.227 e. The van der Waals surface area contributed by atoms with E-state index in [-0.39, 0.29) is 5.91 Å². The monoisotopic (exact) mass is 399 g/mol. The molecule has 1 saturated heterocycles. The fourth-order valence-electron chi connectivity index (χ4n) is 3.13. The van der Waals surface area contributed by atoms with E-state index in [1.54, 1.807) is 29.5 Å². The number of carbonyl (C=O) groups excluding carboxylic acids is 1. The van der Waals surface area contributed by atoms with Gasteiger partial charge in [0.15, 0.2) is 10.8 Å². The van der Waals surface area contributed by atoms with Crippen molar-refractivity contribution in [3.05, 3.63) is 48.2 Å². The van der Waals surface area contributed by atoms with Crippen molar-refractivity contribution in [3.8, 4) is 0 Å². The van der Waals surface area contributed by atoms with E-state index in [0.29, 0.717) is 6.42 Å². The van der Waals surface area contributed by atoms with Gasteiger partial charge in [-0.05, 0) is 29.8 Å². The van der Waals surface area contributed by atoms with Crippen LogP contribution in [0.25, 0.3) is 10.3 Å². The summed E-state index contributed by atoms with van der Waals surface area (Å²) in [5.74, 6) is 0.186. The molecule has 3 heterocycles. The lowest BCUT2D eigenvalue weighted by molar-refractivity contribution is -0.130. The van der Waals surface area contributed by atoms with E-state index in [0.717, 1.165) is 52.9 Å². The minimum atomic E-state index is 0.186. The molecule has 0 aliphatic carbocycles. The van der Waals surface area contributed by atoms with Crippen molar-refractivity contribution in [2.24, 2.45) is 0 Å². The van der Waals surface area contributed by atoms with Gasteiger partial charge in [-0.15, -0.1) is 0 Å². The van der Waals surface area contributed by atoms with E-state index < -0.39 is 0 Å². The largest absolute Gasteiger partial charge is 0.344 e. The molecule has 8 heteroatoms. The summed E-state index contributed by atoms with van der Waals surface area (Å²) in [6, 6.07) is 12.0. The molecule has 1 N–H and O–H groups in total. The summed E-state index contributed by atoms with van der Waals surface area (Å²) in [6.07, 6.45) is 4.21. The van der Waals surface area contributed by atoms with Gasteiger partial charge in [-0.2, -0.15) is 4.98 Å². The molecule has 27 heavy (non-hydrogen) atoms. The highest BCUT2D eigenvalue weighted by atomic mass is 32.2. The number of carbonyl (C=O) groups is 1. The van der Waals surface area contributed by atoms with Gasteiger partial charge in [0.2, 0.25) is 5.91 Å². The molecule has 6 nitrogen and oxygen atoms in total. The zero-order valence-corrected chi connectivity index (χ0v) is 16.7. The molecule has 2 aromatic heterocycles. The second-order valence-corrected chi connectivity index (χ2v) is 7.99. The van der Waals surface area contributed by atoms with E-state index >= 15 is 0 Å². The first-order chi connectivity index (χ1) is 13.2. The van der Waals surface area contributed by atoms with E-state index in [2.05, 4.69) is 19.6 Å². The third kappa shape index (κ3) is 4.17. The van der Waals surface area contributed by atoms with Crippen LogP contribution in [-0.4, -0.2) is 53.2 Å². The fourth-order valence-corrected chi connectivity index (χ4v) is 4.48. The lowest BCUT2D eigenvalue weighted by Gasteiger charge is -2.34. The average molecular weight is 400 g/mol. The highest BCUT2D eigenvalue weighted by molar-refractivity contribution is 7.99. The molecule has 1 aromatic carbocycles. The van der Waals surface area contributed by atoms with E-state index in [9.17, 15) is 4.79 Å². The maximum absolute atomic E-state index is 12.6. The van der Waals surface area contributed by atoms with E-state index in [4.69, 9.17) is 0 Å². The Kier molecular flexibility index (Phi) is 5.45. The minimum absolute atomic E-state index is 0.186. The lowest BCUT2D eigenvalue weighted by atomic mass is 10.1. The standard InChI is InChI=1S/C19H21N5OS2/c1-26-22-15-6-4-14(5-7-15)13-17(25)23-9-11-24(12-10-23)19-21-18-16(27-19)3-2-8-20-18/h2-8,22H,9-13H2,1H3.